The number of nitrogens with two attached hydrogens (primary N) is 1. The number of rotatable bonds is 5. The summed E-state index contributed by atoms with van der Waals surface area (Å²) in [5.41, 5.74) is 8.05. The van der Waals surface area contributed by atoms with Crippen LogP contribution in [0.25, 0.3) is 0 Å². The number of halogens is 1. The van der Waals surface area contributed by atoms with Crippen LogP contribution in [-0.2, 0) is 6.42 Å². The molecular weight excluding hydrogens is 267 g/mol. The van der Waals surface area contributed by atoms with Crippen LogP contribution in [0, 0.1) is 5.82 Å². The summed E-state index contributed by atoms with van der Waals surface area (Å²) in [4.78, 5) is 1.80. The molecule has 112 valence electrons. The van der Waals surface area contributed by atoms with E-state index >= 15 is 0 Å². The molecule has 0 amide bonds. The predicted molar refractivity (Wildman–Crippen MR) is 84.8 cm³/mol. The average molecular weight is 288 g/mol. The minimum atomic E-state index is -0.251. The molecule has 1 atom stereocenters. The highest BCUT2D eigenvalue weighted by Crippen LogP contribution is 2.29. The fourth-order valence-corrected chi connectivity index (χ4v) is 2.28. The Morgan fingerprint density at radius 2 is 2.00 bits per heavy atom. The molecule has 4 heteroatoms. The van der Waals surface area contributed by atoms with E-state index in [2.05, 4.69) is 0 Å². The van der Waals surface area contributed by atoms with Crippen molar-refractivity contribution in [2.24, 2.45) is 5.73 Å². The number of methoxy groups -OCH3 is 1. The van der Waals surface area contributed by atoms with Crippen molar-refractivity contribution < 1.29 is 9.13 Å². The van der Waals surface area contributed by atoms with Crippen LogP contribution in [0.2, 0.25) is 0 Å². The first kappa shape index (κ1) is 15.3. The van der Waals surface area contributed by atoms with Gasteiger partial charge in [0.15, 0.2) is 0 Å². The third-order valence-electron chi connectivity index (χ3n) is 3.37. The molecule has 3 nitrogen and oxygen atoms in total. The van der Waals surface area contributed by atoms with Crippen LogP contribution in [-0.4, -0.2) is 20.2 Å². The summed E-state index contributed by atoms with van der Waals surface area (Å²) >= 11 is 0. The first-order chi connectivity index (χ1) is 10.0. The molecular formula is C17H21FN2O. The lowest BCUT2D eigenvalue weighted by Crippen LogP contribution is -2.18. The van der Waals surface area contributed by atoms with Crippen molar-refractivity contribution in [1.82, 2.24) is 0 Å². The molecule has 0 bridgehead atoms. The highest BCUT2D eigenvalue weighted by Gasteiger charge is 2.11. The van der Waals surface area contributed by atoms with Gasteiger partial charge in [0, 0.05) is 24.8 Å². The zero-order valence-electron chi connectivity index (χ0n) is 12.6. The average Bonchev–Trinajstić information content (AvgIpc) is 2.46. The topological polar surface area (TPSA) is 38.5 Å². The number of hydrogen-bond acceptors (Lipinski definition) is 3. The van der Waals surface area contributed by atoms with Gasteiger partial charge in [0.1, 0.15) is 11.6 Å². The summed E-state index contributed by atoms with van der Waals surface area (Å²) in [6.07, 6.45) is 0.667. The van der Waals surface area contributed by atoms with Crippen molar-refractivity contribution in [3.05, 3.63) is 53.8 Å². The molecule has 0 saturated carbocycles. The SMILES string of the molecule is COc1cccc(N(C)c2ccc(CC(C)N)cc2F)c1. The summed E-state index contributed by atoms with van der Waals surface area (Å²) in [7, 11) is 3.45. The molecule has 0 spiro atoms. The van der Waals surface area contributed by atoms with Crippen LogP contribution in [0.15, 0.2) is 42.5 Å². The maximum absolute atomic E-state index is 14.3. The van der Waals surface area contributed by atoms with Crippen LogP contribution >= 0.6 is 0 Å². The molecule has 2 aromatic rings. The second kappa shape index (κ2) is 6.59. The minimum Gasteiger partial charge on any atom is -0.497 e. The Morgan fingerprint density at radius 1 is 1.24 bits per heavy atom. The molecule has 0 heterocycles. The fourth-order valence-electron chi connectivity index (χ4n) is 2.28. The number of hydrogen-bond donors (Lipinski definition) is 1. The molecule has 2 rings (SSSR count). The Balaban J connectivity index is 2.28. The van der Waals surface area contributed by atoms with E-state index in [0.717, 1.165) is 17.0 Å². The van der Waals surface area contributed by atoms with Gasteiger partial charge in [-0.3, -0.25) is 0 Å². The molecule has 0 aliphatic rings. The van der Waals surface area contributed by atoms with Gasteiger partial charge in [-0.25, -0.2) is 4.39 Å². The maximum atomic E-state index is 14.3. The predicted octanol–water partition coefficient (Wildman–Crippen LogP) is 3.49. The van der Waals surface area contributed by atoms with Gasteiger partial charge in [0.2, 0.25) is 0 Å². The largest absolute Gasteiger partial charge is 0.497 e. The quantitative estimate of drug-likeness (QED) is 0.915. The number of nitrogens with zero attached hydrogens (tertiary/aromatic N) is 1. The van der Waals surface area contributed by atoms with Crippen molar-refractivity contribution in [3.63, 3.8) is 0 Å². The Bertz CT molecular complexity index is 613. The van der Waals surface area contributed by atoms with Gasteiger partial charge in [0.25, 0.3) is 0 Å². The van der Waals surface area contributed by atoms with Crippen LogP contribution in [0.3, 0.4) is 0 Å². The van der Waals surface area contributed by atoms with Gasteiger partial charge < -0.3 is 15.4 Å². The maximum Gasteiger partial charge on any atom is 0.147 e. The van der Waals surface area contributed by atoms with E-state index < -0.39 is 0 Å². The van der Waals surface area contributed by atoms with Gasteiger partial charge in [0.05, 0.1) is 12.8 Å². The van der Waals surface area contributed by atoms with E-state index in [1.54, 1.807) is 24.1 Å². The van der Waals surface area contributed by atoms with Crippen LogP contribution in [0.4, 0.5) is 15.8 Å². The van der Waals surface area contributed by atoms with E-state index in [-0.39, 0.29) is 11.9 Å². The zero-order valence-corrected chi connectivity index (χ0v) is 12.6. The molecule has 0 radical (unpaired) electrons. The zero-order chi connectivity index (χ0) is 15.4. The molecule has 2 aromatic carbocycles. The minimum absolute atomic E-state index is 0.0198. The van der Waals surface area contributed by atoms with E-state index in [1.165, 1.54) is 0 Å². The molecule has 0 aliphatic carbocycles. The van der Waals surface area contributed by atoms with Crippen molar-refractivity contribution in [2.45, 2.75) is 19.4 Å². The summed E-state index contributed by atoms with van der Waals surface area (Å²) in [5, 5.41) is 0. The Kier molecular flexibility index (Phi) is 4.81. The van der Waals surface area contributed by atoms with Crippen molar-refractivity contribution in [3.8, 4) is 5.75 Å². The van der Waals surface area contributed by atoms with Crippen LogP contribution in [0.1, 0.15) is 12.5 Å². The van der Waals surface area contributed by atoms with Gasteiger partial charge in [-0.1, -0.05) is 12.1 Å². The molecule has 0 aromatic heterocycles. The first-order valence-electron chi connectivity index (χ1n) is 6.93. The lowest BCUT2D eigenvalue weighted by Gasteiger charge is -2.21. The molecule has 21 heavy (non-hydrogen) atoms. The second-order valence-electron chi connectivity index (χ2n) is 5.23. The van der Waals surface area contributed by atoms with Gasteiger partial charge in [-0.05, 0) is 43.2 Å². The number of anilines is 2. The van der Waals surface area contributed by atoms with E-state index in [0.29, 0.717) is 12.1 Å². The Labute approximate surface area is 125 Å². The van der Waals surface area contributed by atoms with E-state index in [4.69, 9.17) is 10.5 Å². The van der Waals surface area contributed by atoms with Crippen LogP contribution < -0.4 is 15.4 Å². The molecule has 0 saturated heterocycles. The second-order valence-corrected chi connectivity index (χ2v) is 5.23. The van der Waals surface area contributed by atoms with Crippen molar-refractivity contribution in [2.75, 3.05) is 19.1 Å². The highest BCUT2D eigenvalue weighted by molar-refractivity contribution is 5.64. The normalized spacial score (nSPS) is 12.0. The summed E-state index contributed by atoms with van der Waals surface area (Å²) in [6, 6.07) is 12.8. The number of ether oxygens (including phenoxy) is 1. The van der Waals surface area contributed by atoms with E-state index in [9.17, 15) is 4.39 Å². The first-order valence-corrected chi connectivity index (χ1v) is 6.93. The van der Waals surface area contributed by atoms with E-state index in [1.807, 2.05) is 44.3 Å². The Hall–Kier alpha value is -2.07. The lowest BCUT2D eigenvalue weighted by molar-refractivity contribution is 0.415. The van der Waals surface area contributed by atoms with Crippen LogP contribution in [0.5, 0.6) is 5.75 Å². The number of benzene rings is 2. The summed E-state index contributed by atoms with van der Waals surface area (Å²) in [5.74, 6) is 0.492. The third-order valence-corrected chi connectivity index (χ3v) is 3.37. The lowest BCUT2D eigenvalue weighted by atomic mass is 10.1. The summed E-state index contributed by atoms with van der Waals surface area (Å²) < 4.78 is 19.5. The van der Waals surface area contributed by atoms with Crippen molar-refractivity contribution >= 4 is 11.4 Å². The standard InChI is InChI=1S/C17H21FN2O/c1-12(19)9-13-7-8-17(16(18)10-13)20(2)14-5-4-6-15(11-14)21-3/h4-8,10-12H,9,19H2,1-3H3. The van der Waals surface area contributed by atoms with Crippen molar-refractivity contribution in [1.29, 1.82) is 0 Å². The van der Waals surface area contributed by atoms with Gasteiger partial charge in [-0.2, -0.15) is 0 Å². The Morgan fingerprint density at radius 3 is 2.62 bits per heavy atom. The third kappa shape index (κ3) is 3.73. The molecule has 0 aliphatic heterocycles. The summed E-state index contributed by atoms with van der Waals surface area (Å²) in [6.45, 7) is 1.91. The smallest absolute Gasteiger partial charge is 0.147 e. The van der Waals surface area contributed by atoms with Gasteiger partial charge in [-0.15, -0.1) is 0 Å². The fraction of sp³-hybridized carbons (Fsp3) is 0.294. The highest BCUT2D eigenvalue weighted by atomic mass is 19.1. The molecule has 1 unspecified atom stereocenters. The monoisotopic (exact) mass is 288 g/mol. The molecule has 2 N–H and O–H groups in total. The molecule has 0 fully saturated rings. The van der Waals surface area contributed by atoms with Gasteiger partial charge >= 0.3 is 0 Å².